The number of imidazole rings is 1. The molecule has 2 heterocycles. The molecule has 5 aromatic rings. The summed E-state index contributed by atoms with van der Waals surface area (Å²) in [7, 11) is 0. The number of benzene rings is 3. The summed E-state index contributed by atoms with van der Waals surface area (Å²) in [5, 5.41) is 8.40. The first-order chi connectivity index (χ1) is 12.3. The molecule has 120 valence electrons. The van der Waals surface area contributed by atoms with Gasteiger partial charge in [-0.15, -0.1) is 0 Å². The molecule has 4 nitrogen and oxygen atoms in total. The first-order valence-electron chi connectivity index (χ1n) is 7.97. The van der Waals surface area contributed by atoms with Gasteiger partial charge in [0.2, 0.25) is 0 Å². The number of fused-ring (bicyclic) bond motifs is 2. The maximum Gasteiger partial charge on any atom is 0.138 e. The molecule has 2 aromatic heterocycles. The summed E-state index contributed by atoms with van der Waals surface area (Å²) in [4.78, 5) is 8.00. The van der Waals surface area contributed by atoms with Gasteiger partial charge in [-0.3, -0.25) is 5.10 Å². The number of aromatic nitrogens is 4. The Hall–Kier alpha value is -3.47. The van der Waals surface area contributed by atoms with Crippen molar-refractivity contribution < 1.29 is 4.39 Å². The first kappa shape index (κ1) is 13.9. The van der Waals surface area contributed by atoms with Crippen LogP contribution in [0, 0.1) is 5.82 Å². The zero-order chi connectivity index (χ0) is 16.8. The van der Waals surface area contributed by atoms with E-state index in [9.17, 15) is 4.39 Å². The summed E-state index contributed by atoms with van der Waals surface area (Å²) in [6, 6.07) is 20.3. The zero-order valence-corrected chi connectivity index (χ0v) is 13.1. The minimum atomic E-state index is -0.258. The molecule has 0 saturated heterocycles. The predicted molar refractivity (Wildman–Crippen MR) is 96.6 cm³/mol. The van der Waals surface area contributed by atoms with E-state index in [1.54, 1.807) is 12.1 Å². The molecule has 0 radical (unpaired) electrons. The maximum atomic E-state index is 13.2. The van der Waals surface area contributed by atoms with Gasteiger partial charge in [-0.05, 0) is 54.6 Å². The van der Waals surface area contributed by atoms with Gasteiger partial charge >= 0.3 is 0 Å². The lowest BCUT2D eigenvalue weighted by atomic mass is 10.1. The number of rotatable bonds is 2. The van der Waals surface area contributed by atoms with Crippen LogP contribution in [-0.2, 0) is 0 Å². The molecule has 2 N–H and O–H groups in total. The third kappa shape index (κ3) is 2.29. The van der Waals surface area contributed by atoms with Gasteiger partial charge in [-0.2, -0.15) is 5.10 Å². The highest BCUT2D eigenvalue weighted by Gasteiger charge is 2.11. The summed E-state index contributed by atoms with van der Waals surface area (Å²) in [5.41, 5.74) is 5.52. The van der Waals surface area contributed by atoms with Gasteiger partial charge in [-0.25, -0.2) is 9.37 Å². The van der Waals surface area contributed by atoms with Gasteiger partial charge in [0.15, 0.2) is 0 Å². The first-order valence-corrected chi connectivity index (χ1v) is 7.97. The summed E-state index contributed by atoms with van der Waals surface area (Å²) in [6.07, 6.45) is 0. The van der Waals surface area contributed by atoms with E-state index >= 15 is 0 Å². The van der Waals surface area contributed by atoms with Crippen LogP contribution in [0.4, 0.5) is 4.39 Å². The number of halogens is 1. The van der Waals surface area contributed by atoms with Crippen molar-refractivity contribution >= 4 is 21.9 Å². The highest BCUT2D eigenvalue weighted by atomic mass is 19.1. The van der Waals surface area contributed by atoms with Crippen LogP contribution in [0.15, 0.2) is 66.7 Å². The third-order valence-corrected chi connectivity index (χ3v) is 4.34. The number of para-hydroxylation sites is 2. The number of aromatic amines is 2. The molecule has 0 fully saturated rings. The van der Waals surface area contributed by atoms with Crippen LogP contribution in [0.25, 0.3) is 44.6 Å². The number of hydrogen-bond donors (Lipinski definition) is 2. The minimum Gasteiger partial charge on any atom is -0.338 e. The lowest BCUT2D eigenvalue weighted by Gasteiger charge is -2.00. The van der Waals surface area contributed by atoms with Gasteiger partial charge in [0.25, 0.3) is 0 Å². The summed E-state index contributed by atoms with van der Waals surface area (Å²) < 4.78 is 13.2. The van der Waals surface area contributed by atoms with Crippen LogP contribution < -0.4 is 0 Å². The lowest BCUT2D eigenvalue weighted by molar-refractivity contribution is 0.628. The fourth-order valence-corrected chi connectivity index (χ4v) is 3.08. The van der Waals surface area contributed by atoms with Crippen molar-refractivity contribution in [3.63, 3.8) is 0 Å². The van der Waals surface area contributed by atoms with Crippen LogP contribution in [0.3, 0.4) is 0 Å². The summed E-state index contributed by atoms with van der Waals surface area (Å²) in [5.74, 6) is 0.556. The van der Waals surface area contributed by atoms with E-state index in [0.29, 0.717) is 0 Å². The van der Waals surface area contributed by atoms with E-state index < -0.39 is 0 Å². The molecular weight excluding hydrogens is 315 g/mol. The number of hydrogen-bond acceptors (Lipinski definition) is 2. The Morgan fingerprint density at radius 3 is 2.44 bits per heavy atom. The summed E-state index contributed by atoms with van der Waals surface area (Å²) >= 11 is 0. The van der Waals surface area contributed by atoms with Crippen molar-refractivity contribution in [1.82, 2.24) is 20.2 Å². The van der Waals surface area contributed by atoms with E-state index in [2.05, 4.69) is 26.2 Å². The fourth-order valence-electron chi connectivity index (χ4n) is 3.08. The van der Waals surface area contributed by atoms with Crippen LogP contribution in [-0.4, -0.2) is 20.2 Å². The lowest BCUT2D eigenvalue weighted by Crippen LogP contribution is -1.82. The Balaban J connectivity index is 1.67. The normalized spacial score (nSPS) is 11.4. The Morgan fingerprint density at radius 1 is 0.800 bits per heavy atom. The molecule has 5 rings (SSSR count). The van der Waals surface area contributed by atoms with Crippen LogP contribution >= 0.6 is 0 Å². The zero-order valence-electron chi connectivity index (χ0n) is 13.1. The van der Waals surface area contributed by atoms with Gasteiger partial charge in [-0.1, -0.05) is 12.1 Å². The Labute approximate surface area is 142 Å². The number of nitrogens with one attached hydrogen (secondary N) is 2. The van der Waals surface area contributed by atoms with Crippen molar-refractivity contribution in [3.8, 4) is 22.6 Å². The molecule has 0 saturated carbocycles. The molecule has 0 aliphatic heterocycles. The SMILES string of the molecule is Fc1ccc(-c2n[nH]c3ccc(-c4nc5ccccc5[nH]4)cc23)cc1. The second kappa shape index (κ2) is 5.27. The molecule has 0 spiro atoms. The third-order valence-electron chi connectivity index (χ3n) is 4.34. The molecule has 5 heteroatoms. The quantitative estimate of drug-likeness (QED) is 0.483. The van der Waals surface area contributed by atoms with E-state index in [1.807, 2.05) is 36.4 Å². The van der Waals surface area contributed by atoms with Crippen molar-refractivity contribution in [2.24, 2.45) is 0 Å². The molecule has 0 bridgehead atoms. The van der Waals surface area contributed by atoms with Gasteiger partial charge in [0.05, 0.1) is 22.2 Å². The number of H-pyrrole nitrogens is 2. The van der Waals surface area contributed by atoms with E-state index in [1.165, 1.54) is 12.1 Å². The van der Waals surface area contributed by atoms with Crippen molar-refractivity contribution in [1.29, 1.82) is 0 Å². The van der Waals surface area contributed by atoms with Crippen molar-refractivity contribution in [3.05, 3.63) is 72.5 Å². The Kier molecular flexibility index (Phi) is 2.94. The Morgan fingerprint density at radius 2 is 1.60 bits per heavy atom. The maximum absolute atomic E-state index is 13.2. The van der Waals surface area contributed by atoms with Crippen LogP contribution in [0.1, 0.15) is 0 Å². The van der Waals surface area contributed by atoms with Gasteiger partial charge < -0.3 is 4.98 Å². The predicted octanol–water partition coefficient (Wildman–Crippen LogP) is 4.91. The topological polar surface area (TPSA) is 57.4 Å². The average Bonchev–Trinajstić information content (AvgIpc) is 3.26. The molecule has 0 aliphatic carbocycles. The largest absolute Gasteiger partial charge is 0.338 e. The standard InChI is InChI=1S/C20H13FN4/c21-14-8-5-12(6-9-14)19-15-11-13(7-10-16(15)24-25-19)20-22-17-3-1-2-4-18(17)23-20/h1-11H,(H,22,23)(H,24,25). The molecule has 25 heavy (non-hydrogen) atoms. The molecule has 0 atom stereocenters. The van der Waals surface area contributed by atoms with Crippen LogP contribution in [0.5, 0.6) is 0 Å². The fraction of sp³-hybridized carbons (Fsp3) is 0. The summed E-state index contributed by atoms with van der Waals surface area (Å²) in [6.45, 7) is 0. The highest BCUT2D eigenvalue weighted by molar-refractivity contribution is 5.95. The second-order valence-electron chi connectivity index (χ2n) is 5.94. The molecule has 0 amide bonds. The van der Waals surface area contributed by atoms with E-state index in [-0.39, 0.29) is 5.82 Å². The smallest absolute Gasteiger partial charge is 0.138 e. The second-order valence-corrected chi connectivity index (χ2v) is 5.94. The van der Waals surface area contributed by atoms with Crippen molar-refractivity contribution in [2.75, 3.05) is 0 Å². The highest BCUT2D eigenvalue weighted by Crippen LogP contribution is 2.30. The van der Waals surface area contributed by atoms with Gasteiger partial charge in [0.1, 0.15) is 11.6 Å². The number of nitrogens with zero attached hydrogens (tertiary/aromatic N) is 2. The van der Waals surface area contributed by atoms with Crippen molar-refractivity contribution in [2.45, 2.75) is 0 Å². The van der Waals surface area contributed by atoms with Gasteiger partial charge in [0, 0.05) is 16.5 Å². The molecule has 0 aliphatic rings. The minimum absolute atomic E-state index is 0.258. The monoisotopic (exact) mass is 328 g/mol. The average molecular weight is 328 g/mol. The van der Waals surface area contributed by atoms with Crippen LogP contribution in [0.2, 0.25) is 0 Å². The molecular formula is C20H13FN4. The molecule has 3 aromatic carbocycles. The van der Waals surface area contributed by atoms with E-state index in [4.69, 9.17) is 0 Å². The Bertz CT molecular complexity index is 1170. The molecule has 0 unspecified atom stereocenters. The van der Waals surface area contributed by atoms with E-state index in [0.717, 1.165) is 44.6 Å².